The van der Waals surface area contributed by atoms with Crippen LogP contribution in [0.25, 0.3) is 11.2 Å². The molecule has 0 aliphatic carbocycles. The minimum absolute atomic E-state index is 0.00635. The van der Waals surface area contributed by atoms with Crippen molar-refractivity contribution in [2.75, 3.05) is 12.3 Å². The Morgan fingerprint density at radius 2 is 2.50 bits per heavy atom. The van der Waals surface area contributed by atoms with Gasteiger partial charge in [-0.1, -0.05) is 6.08 Å². The van der Waals surface area contributed by atoms with Crippen LogP contribution in [-0.4, -0.2) is 37.3 Å². The van der Waals surface area contributed by atoms with Crippen molar-refractivity contribution < 1.29 is 9.84 Å². The van der Waals surface area contributed by atoms with Crippen LogP contribution in [0.4, 0.5) is 5.95 Å². The minimum Gasteiger partial charge on any atom is -0.394 e. The van der Waals surface area contributed by atoms with Crippen molar-refractivity contribution >= 4 is 17.1 Å². The predicted octanol–water partition coefficient (Wildman–Crippen LogP) is -0.216. The average molecular weight is 277 g/mol. The summed E-state index contributed by atoms with van der Waals surface area (Å²) in [4.78, 5) is 22.3. The molecule has 1 fully saturated rings. The molecule has 1 saturated heterocycles. The number of anilines is 1. The Morgan fingerprint density at radius 1 is 1.70 bits per heavy atom. The van der Waals surface area contributed by atoms with E-state index >= 15 is 0 Å². The highest BCUT2D eigenvalue weighted by atomic mass is 16.5. The Labute approximate surface area is 113 Å². The predicted molar refractivity (Wildman–Crippen MR) is 71.9 cm³/mol. The number of nitrogens with one attached hydrogen (secondary N) is 1. The third kappa shape index (κ3) is 1.89. The van der Waals surface area contributed by atoms with Gasteiger partial charge in [-0.25, -0.2) is 4.98 Å². The van der Waals surface area contributed by atoms with Crippen molar-refractivity contribution in [2.45, 2.75) is 18.8 Å². The number of H-pyrrole nitrogens is 1. The Bertz CT molecular complexity index is 707. The van der Waals surface area contributed by atoms with E-state index in [0.29, 0.717) is 12.1 Å². The van der Waals surface area contributed by atoms with E-state index in [1.807, 2.05) is 0 Å². The molecule has 4 N–H and O–H groups in total. The Morgan fingerprint density at radius 3 is 3.20 bits per heavy atom. The number of aromatic nitrogens is 4. The van der Waals surface area contributed by atoms with Gasteiger partial charge in [0.25, 0.3) is 5.56 Å². The Hall–Kier alpha value is -2.19. The summed E-state index contributed by atoms with van der Waals surface area (Å²) in [5.41, 5.74) is 5.74. The number of fused-ring (bicyclic) bond motifs is 1. The molecule has 8 heteroatoms. The van der Waals surface area contributed by atoms with Crippen molar-refractivity contribution in [3.8, 4) is 0 Å². The van der Waals surface area contributed by atoms with Gasteiger partial charge in [0, 0.05) is 5.92 Å². The average Bonchev–Trinajstić information content (AvgIpc) is 3.01. The van der Waals surface area contributed by atoms with E-state index in [1.165, 1.54) is 6.33 Å². The SMILES string of the molecule is C=CC1CC(CO)OC1n1cnc2c(=O)[nH]c(N)nc21. The van der Waals surface area contributed by atoms with Crippen LogP contribution in [-0.2, 0) is 4.74 Å². The highest BCUT2D eigenvalue weighted by Gasteiger charge is 2.35. The maximum absolute atomic E-state index is 11.7. The summed E-state index contributed by atoms with van der Waals surface area (Å²) >= 11 is 0. The van der Waals surface area contributed by atoms with E-state index < -0.39 is 11.8 Å². The zero-order valence-corrected chi connectivity index (χ0v) is 10.7. The zero-order valence-electron chi connectivity index (χ0n) is 10.7. The van der Waals surface area contributed by atoms with Gasteiger partial charge in [-0.2, -0.15) is 4.98 Å². The molecular weight excluding hydrogens is 262 g/mol. The maximum Gasteiger partial charge on any atom is 0.280 e. The second-order valence-electron chi connectivity index (χ2n) is 4.74. The van der Waals surface area contributed by atoms with Crippen molar-refractivity contribution in [3.05, 3.63) is 29.3 Å². The van der Waals surface area contributed by atoms with Gasteiger partial charge in [0.05, 0.1) is 19.0 Å². The van der Waals surface area contributed by atoms with Crippen LogP contribution in [0.3, 0.4) is 0 Å². The molecular formula is C12H15N5O3. The van der Waals surface area contributed by atoms with Gasteiger partial charge in [-0.3, -0.25) is 14.3 Å². The fraction of sp³-hybridized carbons (Fsp3) is 0.417. The fourth-order valence-corrected chi connectivity index (χ4v) is 2.50. The van der Waals surface area contributed by atoms with E-state index in [1.54, 1.807) is 10.6 Å². The first-order chi connectivity index (χ1) is 9.63. The summed E-state index contributed by atoms with van der Waals surface area (Å²) < 4.78 is 7.41. The van der Waals surface area contributed by atoms with Crippen LogP contribution in [0.2, 0.25) is 0 Å². The van der Waals surface area contributed by atoms with Crippen molar-refractivity contribution in [1.82, 2.24) is 19.5 Å². The molecule has 3 unspecified atom stereocenters. The minimum atomic E-state index is -0.400. The monoisotopic (exact) mass is 277 g/mol. The summed E-state index contributed by atoms with van der Waals surface area (Å²) in [6.07, 6.45) is 3.25. The number of nitrogens with zero attached hydrogens (tertiary/aromatic N) is 3. The summed E-state index contributed by atoms with van der Waals surface area (Å²) in [6, 6.07) is 0. The van der Waals surface area contributed by atoms with Crippen LogP contribution >= 0.6 is 0 Å². The van der Waals surface area contributed by atoms with E-state index in [4.69, 9.17) is 10.5 Å². The molecule has 106 valence electrons. The van der Waals surface area contributed by atoms with Gasteiger partial charge < -0.3 is 15.6 Å². The first kappa shape index (κ1) is 12.8. The number of ether oxygens (including phenoxy) is 1. The van der Waals surface area contributed by atoms with Gasteiger partial charge in [-0.15, -0.1) is 6.58 Å². The third-order valence-corrected chi connectivity index (χ3v) is 3.46. The second kappa shape index (κ2) is 4.73. The summed E-state index contributed by atoms with van der Waals surface area (Å²) in [5, 5.41) is 9.22. The van der Waals surface area contributed by atoms with Gasteiger partial charge in [0.2, 0.25) is 5.95 Å². The van der Waals surface area contributed by atoms with Crippen LogP contribution in [0.1, 0.15) is 12.6 Å². The van der Waals surface area contributed by atoms with E-state index in [0.717, 1.165) is 0 Å². The van der Waals surface area contributed by atoms with Crippen LogP contribution in [0.5, 0.6) is 0 Å². The molecule has 8 nitrogen and oxygen atoms in total. The molecule has 2 aromatic heterocycles. The maximum atomic E-state index is 11.7. The number of aliphatic hydroxyl groups is 1. The Balaban J connectivity index is 2.10. The molecule has 0 amide bonds. The molecule has 0 radical (unpaired) electrons. The molecule has 0 bridgehead atoms. The number of hydrogen-bond donors (Lipinski definition) is 3. The molecule has 2 aromatic rings. The number of aromatic amines is 1. The van der Waals surface area contributed by atoms with Gasteiger partial charge in [0.15, 0.2) is 11.2 Å². The van der Waals surface area contributed by atoms with Gasteiger partial charge in [0.1, 0.15) is 6.23 Å². The van der Waals surface area contributed by atoms with Gasteiger partial charge in [-0.05, 0) is 6.42 Å². The van der Waals surface area contributed by atoms with E-state index in [9.17, 15) is 9.90 Å². The number of nitrogen functional groups attached to an aromatic ring is 1. The van der Waals surface area contributed by atoms with Crippen molar-refractivity contribution in [3.63, 3.8) is 0 Å². The molecule has 0 aromatic carbocycles. The lowest BCUT2D eigenvalue weighted by molar-refractivity contribution is -0.0269. The normalized spacial score (nSPS) is 26.1. The smallest absolute Gasteiger partial charge is 0.280 e. The lowest BCUT2D eigenvalue weighted by Crippen LogP contribution is -2.17. The number of rotatable bonds is 3. The first-order valence-electron chi connectivity index (χ1n) is 6.25. The summed E-state index contributed by atoms with van der Waals surface area (Å²) in [7, 11) is 0. The largest absolute Gasteiger partial charge is 0.394 e. The van der Waals surface area contributed by atoms with E-state index in [2.05, 4.69) is 21.5 Å². The summed E-state index contributed by atoms with van der Waals surface area (Å²) in [6.45, 7) is 3.71. The standard InChI is InChI=1S/C12H15N5O3/c1-2-6-3-7(4-18)20-11(6)17-5-14-8-9(17)15-12(13)16-10(8)19/h2,5-7,11,18H,1,3-4H2,(H3,13,15,16,19). The lowest BCUT2D eigenvalue weighted by atomic mass is 10.0. The molecule has 3 heterocycles. The van der Waals surface area contributed by atoms with Crippen LogP contribution in [0, 0.1) is 5.92 Å². The molecule has 1 aliphatic heterocycles. The molecule has 3 atom stereocenters. The second-order valence-corrected chi connectivity index (χ2v) is 4.74. The number of imidazole rings is 1. The third-order valence-electron chi connectivity index (χ3n) is 3.46. The number of hydrogen-bond acceptors (Lipinski definition) is 6. The zero-order chi connectivity index (χ0) is 14.3. The molecule has 1 aliphatic rings. The Kier molecular flexibility index (Phi) is 3.03. The van der Waals surface area contributed by atoms with Crippen LogP contribution in [0.15, 0.2) is 23.8 Å². The molecule has 20 heavy (non-hydrogen) atoms. The fourth-order valence-electron chi connectivity index (χ4n) is 2.50. The van der Waals surface area contributed by atoms with Crippen LogP contribution < -0.4 is 11.3 Å². The topological polar surface area (TPSA) is 119 Å². The number of nitrogens with two attached hydrogens (primary N) is 1. The lowest BCUT2D eigenvalue weighted by Gasteiger charge is -2.17. The first-order valence-corrected chi connectivity index (χ1v) is 6.25. The molecule has 3 rings (SSSR count). The van der Waals surface area contributed by atoms with Crippen molar-refractivity contribution in [1.29, 1.82) is 0 Å². The molecule has 0 spiro atoms. The highest BCUT2D eigenvalue weighted by molar-refractivity contribution is 5.70. The summed E-state index contributed by atoms with van der Waals surface area (Å²) in [5.74, 6) is 0.0305. The molecule has 0 saturated carbocycles. The number of aliphatic hydroxyl groups excluding tert-OH is 1. The van der Waals surface area contributed by atoms with Gasteiger partial charge >= 0.3 is 0 Å². The highest BCUT2D eigenvalue weighted by Crippen LogP contribution is 2.36. The van der Waals surface area contributed by atoms with Crippen molar-refractivity contribution in [2.24, 2.45) is 5.92 Å². The quantitative estimate of drug-likeness (QED) is 0.667. The van der Waals surface area contributed by atoms with E-state index in [-0.39, 0.29) is 30.1 Å².